The smallest absolute Gasteiger partial charge is 0.234 e. The lowest BCUT2D eigenvalue weighted by atomic mass is 9.99. The van der Waals surface area contributed by atoms with E-state index in [1.54, 1.807) is 0 Å². The Kier molecular flexibility index (Phi) is 5.23. The van der Waals surface area contributed by atoms with E-state index in [0.29, 0.717) is 13.1 Å². The molecule has 0 atom stereocenters. The Morgan fingerprint density at radius 1 is 1.32 bits per heavy atom. The molecule has 104 valence electrons. The number of hydrogen-bond acceptors (Lipinski definition) is 2. The molecule has 0 aliphatic carbocycles. The molecule has 1 heterocycles. The molecule has 0 radical (unpaired) electrons. The van der Waals surface area contributed by atoms with Crippen molar-refractivity contribution in [2.24, 2.45) is 5.92 Å². The van der Waals surface area contributed by atoms with Crippen LogP contribution in [-0.2, 0) is 11.3 Å². The molecule has 0 spiro atoms. The second-order valence-corrected chi connectivity index (χ2v) is 5.80. The van der Waals surface area contributed by atoms with E-state index in [2.05, 4.69) is 17.1 Å². The summed E-state index contributed by atoms with van der Waals surface area (Å²) >= 11 is 5.82. The molecule has 2 rings (SSSR count). The average molecular weight is 281 g/mol. The summed E-state index contributed by atoms with van der Waals surface area (Å²) in [4.78, 5) is 14.1. The van der Waals surface area contributed by atoms with Gasteiger partial charge in [-0.3, -0.25) is 9.69 Å². The maximum Gasteiger partial charge on any atom is 0.234 e. The first-order chi connectivity index (χ1) is 9.13. The molecule has 1 amide bonds. The molecular weight excluding hydrogens is 260 g/mol. The highest BCUT2D eigenvalue weighted by molar-refractivity contribution is 6.30. The van der Waals surface area contributed by atoms with Gasteiger partial charge in [-0.2, -0.15) is 0 Å². The number of benzene rings is 1. The van der Waals surface area contributed by atoms with Crippen molar-refractivity contribution in [2.75, 3.05) is 19.6 Å². The minimum absolute atomic E-state index is 0.101. The van der Waals surface area contributed by atoms with E-state index in [4.69, 9.17) is 11.6 Å². The Labute approximate surface area is 119 Å². The van der Waals surface area contributed by atoms with E-state index < -0.39 is 0 Å². The first-order valence-electron chi connectivity index (χ1n) is 6.87. The Bertz CT molecular complexity index is 411. The van der Waals surface area contributed by atoms with E-state index in [1.807, 2.05) is 24.3 Å². The molecule has 19 heavy (non-hydrogen) atoms. The monoisotopic (exact) mass is 280 g/mol. The van der Waals surface area contributed by atoms with Gasteiger partial charge in [0, 0.05) is 11.6 Å². The Balaban J connectivity index is 1.71. The van der Waals surface area contributed by atoms with Gasteiger partial charge in [0.1, 0.15) is 0 Å². The third-order valence-corrected chi connectivity index (χ3v) is 3.90. The van der Waals surface area contributed by atoms with Crippen LogP contribution in [0.5, 0.6) is 0 Å². The first kappa shape index (κ1) is 14.4. The molecule has 1 saturated heterocycles. The lowest BCUT2D eigenvalue weighted by Gasteiger charge is -2.29. The summed E-state index contributed by atoms with van der Waals surface area (Å²) in [6, 6.07) is 7.56. The normalized spacial score (nSPS) is 17.4. The summed E-state index contributed by atoms with van der Waals surface area (Å²) in [7, 11) is 0. The highest BCUT2D eigenvalue weighted by Gasteiger charge is 2.17. The van der Waals surface area contributed by atoms with Crippen molar-refractivity contribution in [1.82, 2.24) is 10.2 Å². The largest absolute Gasteiger partial charge is 0.351 e. The SMILES string of the molecule is CC1CCN(CC(=O)NCc2ccc(Cl)cc2)CC1. The molecule has 1 aliphatic heterocycles. The number of hydrogen-bond donors (Lipinski definition) is 1. The van der Waals surface area contributed by atoms with Crippen LogP contribution < -0.4 is 5.32 Å². The summed E-state index contributed by atoms with van der Waals surface area (Å²) in [5, 5.41) is 3.67. The summed E-state index contributed by atoms with van der Waals surface area (Å²) in [5.41, 5.74) is 1.07. The van der Waals surface area contributed by atoms with Gasteiger partial charge in [-0.1, -0.05) is 30.7 Å². The van der Waals surface area contributed by atoms with Gasteiger partial charge in [-0.15, -0.1) is 0 Å². The highest BCUT2D eigenvalue weighted by atomic mass is 35.5. The second kappa shape index (κ2) is 6.92. The van der Waals surface area contributed by atoms with E-state index >= 15 is 0 Å². The summed E-state index contributed by atoms with van der Waals surface area (Å²) in [5.74, 6) is 0.901. The van der Waals surface area contributed by atoms with Crippen molar-refractivity contribution in [1.29, 1.82) is 0 Å². The molecule has 1 aromatic carbocycles. The van der Waals surface area contributed by atoms with Gasteiger partial charge in [0.05, 0.1) is 6.54 Å². The van der Waals surface area contributed by atoms with E-state index in [-0.39, 0.29) is 5.91 Å². The van der Waals surface area contributed by atoms with E-state index in [9.17, 15) is 4.79 Å². The second-order valence-electron chi connectivity index (χ2n) is 5.36. The molecule has 1 aliphatic rings. The number of rotatable bonds is 4. The first-order valence-corrected chi connectivity index (χ1v) is 7.25. The number of nitrogens with zero attached hydrogens (tertiary/aromatic N) is 1. The van der Waals surface area contributed by atoms with Crippen molar-refractivity contribution in [3.8, 4) is 0 Å². The van der Waals surface area contributed by atoms with Crippen LogP contribution in [0.1, 0.15) is 25.3 Å². The molecule has 1 fully saturated rings. The van der Waals surface area contributed by atoms with Gasteiger partial charge in [0.2, 0.25) is 5.91 Å². The van der Waals surface area contributed by atoms with E-state index in [0.717, 1.165) is 29.6 Å². The third-order valence-electron chi connectivity index (χ3n) is 3.65. The van der Waals surface area contributed by atoms with Gasteiger partial charge in [-0.25, -0.2) is 0 Å². The van der Waals surface area contributed by atoms with Crippen LogP contribution in [0, 0.1) is 5.92 Å². The van der Waals surface area contributed by atoms with Crippen LogP contribution in [0.4, 0.5) is 0 Å². The molecule has 0 bridgehead atoms. The number of carbonyl (C=O) groups excluding carboxylic acids is 1. The fourth-order valence-corrected chi connectivity index (χ4v) is 2.41. The van der Waals surface area contributed by atoms with Crippen LogP contribution in [0.3, 0.4) is 0 Å². The topological polar surface area (TPSA) is 32.3 Å². The van der Waals surface area contributed by atoms with Gasteiger partial charge in [0.25, 0.3) is 0 Å². The van der Waals surface area contributed by atoms with Crippen LogP contribution in [-0.4, -0.2) is 30.4 Å². The molecule has 0 saturated carbocycles. The van der Waals surface area contributed by atoms with E-state index in [1.165, 1.54) is 12.8 Å². The third kappa shape index (κ3) is 4.84. The number of halogens is 1. The lowest BCUT2D eigenvalue weighted by molar-refractivity contribution is -0.122. The molecule has 4 heteroatoms. The van der Waals surface area contributed by atoms with Crippen LogP contribution in [0.25, 0.3) is 0 Å². The predicted molar refractivity (Wildman–Crippen MR) is 78.1 cm³/mol. The molecule has 0 aromatic heterocycles. The van der Waals surface area contributed by atoms with Gasteiger partial charge >= 0.3 is 0 Å². The van der Waals surface area contributed by atoms with Crippen LogP contribution in [0.2, 0.25) is 5.02 Å². The highest BCUT2D eigenvalue weighted by Crippen LogP contribution is 2.15. The van der Waals surface area contributed by atoms with Gasteiger partial charge in [0.15, 0.2) is 0 Å². The quantitative estimate of drug-likeness (QED) is 0.920. The Hall–Kier alpha value is -1.06. The molecule has 0 unspecified atom stereocenters. The zero-order chi connectivity index (χ0) is 13.7. The fraction of sp³-hybridized carbons (Fsp3) is 0.533. The maximum atomic E-state index is 11.9. The van der Waals surface area contributed by atoms with Gasteiger partial charge in [-0.05, 0) is 49.5 Å². The van der Waals surface area contributed by atoms with Crippen LogP contribution in [0.15, 0.2) is 24.3 Å². The number of nitrogens with one attached hydrogen (secondary N) is 1. The fourth-order valence-electron chi connectivity index (χ4n) is 2.28. The molecular formula is C15H21ClN2O. The molecule has 1 N–H and O–H groups in total. The molecule has 1 aromatic rings. The number of piperidine rings is 1. The van der Waals surface area contributed by atoms with Gasteiger partial charge < -0.3 is 5.32 Å². The van der Waals surface area contributed by atoms with Crippen molar-refractivity contribution in [3.63, 3.8) is 0 Å². The van der Waals surface area contributed by atoms with Crippen molar-refractivity contribution < 1.29 is 4.79 Å². The lowest BCUT2D eigenvalue weighted by Crippen LogP contribution is -2.41. The summed E-state index contributed by atoms with van der Waals surface area (Å²) in [6.45, 7) is 5.43. The number of likely N-dealkylation sites (tertiary alicyclic amines) is 1. The standard InChI is InChI=1S/C15H21ClN2O/c1-12-6-8-18(9-7-12)11-15(19)17-10-13-2-4-14(16)5-3-13/h2-5,12H,6-11H2,1H3,(H,17,19). The predicted octanol–water partition coefficient (Wildman–Crippen LogP) is 2.69. The Morgan fingerprint density at radius 3 is 2.58 bits per heavy atom. The van der Waals surface area contributed by atoms with Crippen molar-refractivity contribution >= 4 is 17.5 Å². The number of amides is 1. The molecule has 3 nitrogen and oxygen atoms in total. The Morgan fingerprint density at radius 2 is 1.95 bits per heavy atom. The zero-order valence-electron chi connectivity index (χ0n) is 11.4. The number of carbonyl (C=O) groups is 1. The summed E-state index contributed by atoms with van der Waals surface area (Å²) in [6.07, 6.45) is 2.40. The van der Waals surface area contributed by atoms with Crippen molar-refractivity contribution in [2.45, 2.75) is 26.3 Å². The van der Waals surface area contributed by atoms with Crippen LogP contribution >= 0.6 is 11.6 Å². The maximum absolute atomic E-state index is 11.9. The minimum atomic E-state index is 0.101. The van der Waals surface area contributed by atoms with Crippen molar-refractivity contribution in [3.05, 3.63) is 34.9 Å². The average Bonchev–Trinajstić information content (AvgIpc) is 2.41. The zero-order valence-corrected chi connectivity index (χ0v) is 12.1. The summed E-state index contributed by atoms with van der Waals surface area (Å²) < 4.78 is 0. The minimum Gasteiger partial charge on any atom is -0.351 e.